The van der Waals surface area contributed by atoms with Crippen molar-refractivity contribution in [1.29, 1.82) is 0 Å². The molecule has 0 unspecified atom stereocenters. The third-order valence-corrected chi connectivity index (χ3v) is 1.81. The van der Waals surface area contributed by atoms with E-state index in [1.807, 2.05) is 25.1 Å². The van der Waals surface area contributed by atoms with Crippen molar-refractivity contribution in [3.05, 3.63) is 30.1 Å². The molecule has 0 atom stereocenters. The number of hydrogen-bond donors (Lipinski definition) is 3. The van der Waals surface area contributed by atoms with Crippen LogP contribution in [0.1, 0.15) is 12.6 Å². The number of guanidine groups is 1. The maximum absolute atomic E-state index is 5.38. The molecular weight excluding hydrogens is 222 g/mol. The molecule has 16 heavy (non-hydrogen) atoms. The molecule has 0 aromatic carbocycles. The third-order valence-electron chi connectivity index (χ3n) is 1.71. The summed E-state index contributed by atoms with van der Waals surface area (Å²) in [5, 5.41) is 5.99. The topological polar surface area (TPSA) is 75.3 Å². The molecular formula is C10H15N5S. The van der Waals surface area contributed by atoms with Crippen LogP contribution in [0.3, 0.4) is 0 Å². The number of nitrogens with zero attached hydrogens (tertiary/aromatic N) is 2. The smallest absolute Gasteiger partial charge is 0.197 e. The van der Waals surface area contributed by atoms with E-state index in [-0.39, 0.29) is 5.11 Å². The van der Waals surface area contributed by atoms with Gasteiger partial charge in [-0.25, -0.2) is 4.99 Å². The monoisotopic (exact) mass is 237 g/mol. The lowest BCUT2D eigenvalue weighted by Gasteiger charge is -2.08. The molecule has 0 amide bonds. The van der Waals surface area contributed by atoms with Gasteiger partial charge in [0.15, 0.2) is 11.1 Å². The van der Waals surface area contributed by atoms with Crippen molar-refractivity contribution in [3.63, 3.8) is 0 Å². The summed E-state index contributed by atoms with van der Waals surface area (Å²) in [4.78, 5) is 8.45. The average molecular weight is 237 g/mol. The Labute approximate surface area is 100 Å². The highest BCUT2D eigenvalue weighted by molar-refractivity contribution is 7.80. The summed E-state index contributed by atoms with van der Waals surface area (Å²) in [5.41, 5.74) is 6.27. The van der Waals surface area contributed by atoms with Gasteiger partial charge in [0.25, 0.3) is 0 Å². The van der Waals surface area contributed by atoms with Crippen molar-refractivity contribution < 1.29 is 0 Å². The number of thiocarbonyl (C=S) groups is 1. The second kappa shape index (κ2) is 6.73. The number of aromatic nitrogens is 1. The van der Waals surface area contributed by atoms with E-state index in [4.69, 9.17) is 18.0 Å². The first-order valence-corrected chi connectivity index (χ1v) is 5.38. The number of nitrogens with one attached hydrogen (secondary N) is 2. The van der Waals surface area contributed by atoms with Crippen LogP contribution in [-0.4, -0.2) is 22.6 Å². The quantitative estimate of drug-likeness (QED) is 0.402. The molecule has 6 heteroatoms. The second-order valence-corrected chi connectivity index (χ2v) is 3.45. The molecule has 0 aliphatic heterocycles. The van der Waals surface area contributed by atoms with E-state index in [0.29, 0.717) is 12.5 Å². The van der Waals surface area contributed by atoms with Crippen molar-refractivity contribution in [2.45, 2.75) is 13.5 Å². The van der Waals surface area contributed by atoms with E-state index in [2.05, 4.69) is 20.6 Å². The Morgan fingerprint density at radius 1 is 1.56 bits per heavy atom. The maximum Gasteiger partial charge on any atom is 0.197 e. The number of hydrogen-bond acceptors (Lipinski definition) is 3. The minimum atomic E-state index is 0.195. The summed E-state index contributed by atoms with van der Waals surface area (Å²) < 4.78 is 0. The van der Waals surface area contributed by atoms with Gasteiger partial charge >= 0.3 is 0 Å². The highest BCUT2D eigenvalue weighted by Gasteiger charge is 1.98. The Morgan fingerprint density at radius 2 is 2.38 bits per heavy atom. The second-order valence-electron chi connectivity index (χ2n) is 3.01. The molecule has 1 aromatic rings. The molecule has 0 spiro atoms. The maximum atomic E-state index is 5.38. The predicted molar refractivity (Wildman–Crippen MR) is 69.0 cm³/mol. The first-order valence-electron chi connectivity index (χ1n) is 4.97. The van der Waals surface area contributed by atoms with E-state index >= 15 is 0 Å². The molecule has 0 aliphatic rings. The molecule has 1 aromatic heterocycles. The van der Waals surface area contributed by atoms with Gasteiger partial charge in [0.2, 0.25) is 0 Å². The average Bonchev–Trinajstić information content (AvgIpc) is 2.27. The Morgan fingerprint density at radius 3 is 2.94 bits per heavy atom. The number of pyridine rings is 1. The van der Waals surface area contributed by atoms with Crippen molar-refractivity contribution >= 4 is 23.3 Å². The van der Waals surface area contributed by atoms with Crippen LogP contribution < -0.4 is 16.4 Å². The van der Waals surface area contributed by atoms with Crippen LogP contribution in [0.15, 0.2) is 29.4 Å². The molecule has 86 valence electrons. The van der Waals surface area contributed by atoms with Gasteiger partial charge in [0, 0.05) is 12.7 Å². The van der Waals surface area contributed by atoms with Crippen molar-refractivity contribution in [3.8, 4) is 0 Å². The highest BCUT2D eigenvalue weighted by Crippen LogP contribution is 1.94. The fraction of sp³-hybridized carbons (Fsp3) is 0.300. The molecule has 0 saturated carbocycles. The zero-order chi connectivity index (χ0) is 11.8. The Hall–Kier alpha value is -1.69. The van der Waals surface area contributed by atoms with E-state index in [1.54, 1.807) is 6.20 Å². The number of aliphatic imine (C=N–C) groups is 1. The van der Waals surface area contributed by atoms with Crippen LogP contribution in [0.2, 0.25) is 0 Å². The molecule has 4 N–H and O–H groups in total. The van der Waals surface area contributed by atoms with Crippen molar-refractivity contribution in [2.75, 3.05) is 6.54 Å². The summed E-state index contributed by atoms with van der Waals surface area (Å²) in [6.45, 7) is 3.20. The SMILES string of the molecule is CCNC(=NCc1ccccn1)NC(N)=S. The molecule has 0 fully saturated rings. The molecule has 5 nitrogen and oxygen atoms in total. The first-order chi connectivity index (χ1) is 7.72. The summed E-state index contributed by atoms with van der Waals surface area (Å²) in [5.74, 6) is 0.570. The lowest BCUT2D eigenvalue weighted by Crippen LogP contribution is -2.43. The minimum Gasteiger partial charge on any atom is -0.376 e. The zero-order valence-electron chi connectivity index (χ0n) is 9.10. The minimum absolute atomic E-state index is 0.195. The lowest BCUT2D eigenvalue weighted by atomic mass is 10.3. The Kier molecular flexibility index (Phi) is 5.21. The van der Waals surface area contributed by atoms with Crippen LogP contribution in [0.25, 0.3) is 0 Å². The van der Waals surface area contributed by atoms with Gasteiger partial charge < -0.3 is 16.4 Å². The molecule has 0 radical (unpaired) electrons. The Balaban J connectivity index is 2.60. The van der Waals surface area contributed by atoms with Gasteiger partial charge in [-0.05, 0) is 31.3 Å². The van der Waals surface area contributed by atoms with Crippen LogP contribution in [0.5, 0.6) is 0 Å². The van der Waals surface area contributed by atoms with E-state index in [9.17, 15) is 0 Å². The van der Waals surface area contributed by atoms with Crippen molar-refractivity contribution in [1.82, 2.24) is 15.6 Å². The van der Waals surface area contributed by atoms with E-state index in [1.165, 1.54) is 0 Å². The standard InChI is InChI=1S/C10H15N5S/c1-2-12-10(15-9(11)16)14-7-8-5-3-4-6-13-8/h3-6H,2,7H2,1H3,(H4,11,12,14,15,16). The van der Waals surface area contributed by atoms with Gasteiger partial charge in [-0.1, -0.05) is 6.07 Å². The van der Waals surface area contributed by atoms with Gasteiger partial charge in [0.05, 0.1) is 12.2 Å². The highest BCUT2D eigenvalue weighted by atomic mass is 32.1. The first kappa shape index (κ1) is 12.4. The van der Waals surface area contributed by atoms with E-state index < -0.39 is 0 Å². The number of rotatable bonds is 3. The fourth-order valence-corrected chi connectivity index (χ4v) is 1.17. The Bertz CT molecular complexity index is 363. The van der Waals surface area contributed by atoms with Gasteiger partial charge in [0.1, 0.15) is 0 Å². The zero-order valence-corrected chi connectivity index (χ0v) is 9.92. The largest absolute Gasteiger partial charge is 0.376 e. The van der Waals surface area contributed by atoms with Crippen LogP contribution >= 0.6 is 12.2 Å². The summed E-state index contributed by atoms with van der Waals surface area (Å²) in [6.07, 6.45) is 1.73. The van der Waals surface area contributed by atoms with E-state index in [0.717, 1.165) is 12.2 Å². The molecule has 0 saturated heterocycles. The van der Waals surface area contributed by atoms with Gasteiger partial charge in [-0.2, -0.15) is 0 Å². The summed E-state index contributed by atoms with van der Waals surface area (Å²) >= 11 is 4.75. The van der Waals surface area contributed by atoms with Crippen LogP contribution in [0.4, 0.5) is 0 Å². The summed E-state index contributed by atoms with van der Waals surface area (Å²) in [7, 11) is 0. The fourth-order valence-electron chi connectivity index (χ4n) is 1.08. The van der Waals surface area contributed by atoms with Gasteiger partial charge in [-0.3, -0.25) is 4.98 Å². The van der Waals surface area contributed by atoms with Gasteiger partial charge in [-0.15, -0.1) is 0 Å². The predicted octanol–water partition coefficient (Wildman–Crippen LogP) is 0.380. The molecule has 1 heterocycles. The number of nitrogens with two attached hydrogens (primary N) is 1. The normalized spacial score (nSPS) is 10.9. The lowest BCUT2D eigenvalue weighted by molar-refractivity contribution is 0.894. The molecule has 0 bridgehead atoms. The third kappa shape index (κ3) is 4.70. The summed E-state index contributed by atoms with van der Waals surface area (Å²) in [6, 6.07) is 5.70. The molecule has 0 aliphatic carbocycles. The van der Waals surface area contributed by atoms with Crippen LogP contribution in [0, 0.1) is 0 Å². The van der Waals surface area contributed by atoms with Crippen molar-refractivity contribution in [2.24, 2.45) is 10.7 Å². The molecule has 1 rings (SSSR count). The van der Waals surface area contributed by atoms with Crippen LogP contribution in [-0.2, 0) is 6.54 Å².